The number of aromatic nitrogens is 4. The van der Waals surface area contributed by atoms with Gasteiger partial charge in [0.2, 0.25) is 0 Å². The van der Waals surface area contributed by atoms with Crippen LogP contribution in [0, 0.1) is 6.92 Å². The molecule has 0 aromatic carbocycles. The first kappa shape index (κ1) is 15.1. The fourth-order valence-corrected chi connectivity index (χ4v) is 3.55. The van der Waals surface area contributed by atoms with Gasteiger partial charge in [0.25, 0.3) is 5.56 Å². The zero-order valence-corrected chi connectivity index (χ0v) is 14.0. The monoisotopic (exact) mass is 323 g/mol. The van der Waals surface area contributed by atoms with Gasteiger partial charge >= 0.3 is 0 Å². The molecule has 1 atom stereocenters. The summed E-state index contributed by atoms with van der Waals surface area (Å²) in [5, 5.41) is 4.29. The molecule has 1 fully saturated rings. The molecule has 0 spiro atoms. The van der Waals surface area contributed by atoms with Crippen molar-refractivity contribution in [3.05, 3.63) is 64.0 Å². The maximum atomic E-state index is 12.4. The summed E-state index contributed by atoms with van der Waals surface area (Å²) in [6.45, 7) is 3.69. The average molecular weight is 323 g/mol. The Balaban J connectivity index is 1.64. The topological polar surface area (TPSA) is 55.4 Å². The molecule has 0 amide bonds. The van der Waals surface area contributed by atoms with Crippen molar-refractivity contribution in [2.75, 3.05) is 6.54 Å². The summed E-state index contributed by atoms with van der Waals surface area (Å²) in [5.41, 5.74) is 3.81. The van der Waals surface area contributed by atoms with Crippen LogP contribution >= 0.6 is 0 Å². The number of hydrogen-bond acceptors (Lipinski definition) is 4. The summed E-state index contributed by atoms with van der Waals surface area (Å²) in [5.74, 6) is 0. The van der Waals surface area contributed by atoms with E-state index in [0.717, 1.165) is 30.6 Å². The second-order valence-electron chi connectivity index (χ2n) is 6.60. The van der Waals surface area contributed by atoms with Crippen LogP contribution in [-0.2, 0) is 13.6 Å². The Hall–Kier alpha value is -2.47. The van der Waals surface area contributed by atoms with Crippen molar-refractivity contribution in [2.24, 2.45) is 7.05 Å². The zero-order valence-electron chi connectivity index (χ0n) is 14.0. The lowest BCUT2D eigenvalue weighted by Crippen LogP contribution is -2.25. The van der Waals surface area contributed by atoms with Crippen molar-refractivity contribution in [1.29, 1.82) is 0 Å². The molecule has 3 aromatic heterocycles. The predicted octanol–water partition coefficient (Wildman–Crippen LogP) is 2.07. The van der Waals surface area contributed by atoms with Gasteiger partial charge in [-0.25, -0.2) is 4.98 Å². The molecule has 0 N–H and O–H groups in total. The second-order valence-corrected chi connectivity index (χ2v) is 6.60. The molecule has 0 saturated carbocycles. The standard InChI is InChI=1S/C18H21N5O/c1-13-5-6-17-20-15(8-18(24)23(17)10-13)12-22-7-3-4-16(22)14-9-19-21(2)11-14/h5-6,8-11,16H,3-4,7,12H2,1-2H3/t16-/m0/s1. The minimum absolute atomic E-state index is 0.0178. The minimum Gasteiger partial charge on any atom is -0.290 e. The third-order valence-corrected chi connectivity index (χ3v) is 4.70. The van der Waals surface area contributed by atoms with Gasteiger partial charge in [-0.2, -0.15) is 5.10 Å². The van der Waals surface area contributed by atoms with Gasteiger partial charge in [-0.05, 0) is 37.9 Å². The summed E-state index contributed by atoms with van der Waals surface area (Å²) in [7, 11) is 1.94. The summed E-state index contributed by atoms with van der Waals surface area (Å²) in [6, 6.07) is 5.91. The third kappa shape index (κ3) is 2.73. The number of hydrogen-bond donors (Lipinski definition) is 0. The van der Waals surface area contributed by atoms with Crippen LogP contribution in [0.5, 0.6) is 0 Å². The van der Waals surface area contributed by atoms with Crippen LogP contribution in [0.15, 0.2) is 41.6 Å². The van der Waals surface area contributed by atoms with Gasteiger partial charge in [0.05, 0.1) is 11.9 Å². The predicted molar refractivity (Wildman–Crippen MR) is 91.8 cm³/mol. The Morgan fingerprint density at radius 2 is 2.17 bits per heavy atom. The minimum atomic E-state index is -0.0178. The Morgan fingerprint density at radius 1 is 1.29 bits per heavy atom. The second kappa shape index (κ2) is 5.87. The smallest absolute Gasteiger partial charge is 0.258 e. The van der Waals surface area contributed by atoms with Crippen LogP contribution in [0.1, 0.15) is 35.7 Å². The Kier molecular flexibility index (Phi) is 3.69. The van der Waals surface area contributed by atoms with E-state index in [2.05, 4.69) is 21.2 Å². The molecule has 6 nitrogen and oxygen atoms in total. The van der Waals surface area contributed by atoms with Gasteiger partial charge < -0.3 is 0 Å². The molecular formula is C18H21N5O. The van der Waals surface area contributed by atoms with Crippen LogP contribution in [0.25, 0.3) is 5.65 Å². The molecule has 4 heterocycles. The molecular weight excluding hydrogens is 302 g/mol. The van der Waals surface area contributed by atoms with Crippen LogP contribution in [0.2, 0.25) is 0 Å². The van der Waals surface area contributed by atoms with Crippen LogP contribution in [-0.4, -0.2) is 30.6 Å². The fraction of sp³-hybridized carbons (Fsp3) is 0.389. The van der Waals surface area contributed by atoms with E-state index in [1.165, 1.54) is 5.56 Å². The number of rotatable bonds is 3. The Morgan fingerprint density at radius 3 is 2.96 bits per heavy atom. The summed E-state index contributed by atoms with van der Waals surface area (Å²) >= 11 is 0. The normalized spacial score (nSPS) is 18.5. The van der Waals surface area contributed by atoms with E-state index in [9.17, 15) is 4.79 Å². The van der Waals surface area contributed by atoms with E-state index >= 15 is 0 Å². The molecule has 0 radical (unpaired) electrons. The van der Waals surface area contributed by atoms with Crippen molar-refractivity contribution in [2.45, 2.75) is 32.4 Å². The van der Waals surface area contributed by atoms with Crippen LogP contribution in [0.4, 0.5) is 0 Å². The van der Waals surface area contributed by atoms with E-state index in [1.807, 2.05) is 43.2 Å². The van der Waals surface area contributed by atoms with E-state index in [-0.39, 0.29) is 5.56 Å². The van der Waals surface area contributed by atoms with E-state index in [0.29, 0.717) is 18.2 Å². The van der Waals surface area contributed by atoms with Crippen molar-refractivity contribution in [1.82, 2.24) is 24.1 Å². The lowest BCUT2D eigenvalue weighted by atomic mass is 10.1. The fourth-order valence-electron chi connectivity index (χ4n) is 3.55. The molecule has 0 unspecified atom stereocenters. The summed E-state index contributed by atoms with van der Waals surface area (Å²) in [6.07, 6.45) is 8.13. The summed E-state index contributed by atoms with van der Waals surface area (Å²) < 4.78 is 3.45. The average Bonchev–Trinajstić information content (AvgIpc) is 3.17. The first-order valence-corrected chi connectivity index (χ1v) is 8.32. The number of likely N-dealkylation sites (tertiary alicyclic amines) is 1. The highest BCUT2D eigenvalue weighted by Crippen LogP contribution is 2.32. The van der Waals surface area contributed by atoms with Crippen molar-refractivity contribution >= 4 is 5.65 Å². The molecule has 4 rings (SSSR count). The van der Waals surface area contributed by atoms with Gasteiger partial charge in [0, 0.05) is 43.7 Å². The lowest BCUT2D eigenvalue weighted by molar-refractivity contribution is 0.245. The Labute approximate surface area is 140 Å². The van der Waals surface area contributed by atoms with Crippen LogP contribution < -0.4 is 5.56 Å². The maximum Gasteiger partial charge on any atom is 0.258 e. The number of fused-ring (bicyclic) bond motifs is 1. The molecule has 3 aromatic rings. The molecule has 6 heteroatoms. The molecule has 1 aliphatic rings. The third-order valence-electron chi connectivity index (χ3n) is 4.70. The molecule has 24 heavy (non-hydrogen) atoms. The van der Waals surface area contributed by atoms with Crippen molar-refractivity contribution in [3.8, 4) is 0 Å². The van der Waals surface area contributed by atoms with Crippen molar-refractivity contribution < 1.29 is 0 Å². The SMILES string of the molecule is Cc1ccc2nc(CN3CCC[C@H]3c3cnn(C)c3)cc(=O)n2c1. The highest BCUT2D eigenvalue weighted by molar-refractivity contribution is 5.40. The number of nitrogens with zero attached hydrogens (tertiary/aromatic N) is 5. The highest BCUT2D eigenvalue weighted by Gasteiger charge is 2.27. The molecule has 1 aliphatic heterocycles. The Bertz CT molecular complexity index is 942. The van der Waals surface area contributed by atoms with Gasteiger partial charge in [0.1, 0.15) is 5.65 Å². The zero-order chi connectivity index (χ0) is 16.7. The summed E-state index contributed by atoms with van der Waals surface area (Å²) in [4.78, 5) is 19.4. The quantitative estimate of drug-likeness (QED) is 0.740. The molecule has 0 bridgehead atoms. The number of pyridine rings is 1. The molecule has 0 aliphatic carbocycles. The molecule has 1 saturated heterocycles. The van der Waals surface area contributed by atoms with Gasteiger partial charge in [-0.1, -0.05) is 6.07 Å². The first-order valence-electron chi connectivity index (χ1n) is 8.32. The van der Waals surface area contributed by atoms with Gasteiger partial charge in [0.15, 0.2) is 0 Å². The largest absolute Gasteiger partial charge is 0.290 e. The van der Waals surface area contributed by atoms with Crippen molar-refractivity contribution in [3.63, 3.8) is 0 Å². The van der Waals surface area contributed by atoms with Gasteiger partial charge in [-0.3, -0.25) is 18.8 Å². The number of aryl methyl sites for hydroxylation is 2. The first-order chi connectivity index (χ1) is 11.6. The molecule has 124 valence electrons. The van der Waals surface area contributed by atoms with E-state index in [1.54, 1.807) is 10.5 Å². The van der Waals surface area contributed by atoms with Crippen LogP contribution in [0.3, 0.4) is 0 Å². The lowest BCUT2D eigenvalue weighted by Gasteiger charge is -2.23. The maximum absolute atomic E-state index is 12.4. The van der Waals surface area contributed by atoms with E-state index in [4.69, 9.17) is 0 Å². The van der Waals surface area contributed by atoms with Gasteiger partial charge in [-0.15, -0.1) is 0 Å². The van der Waals surface area contributed by atoms with E-state index < -0.39 is 0 Å². The highest BCUT2D eigenvalue weighted by atomic mass is 16.1.